The number of para-hydroxylation sites is 1. The van der Waals surface area contributed by atoms with Gasteiger partial charge in [-0.1, -0.05) is 41.9 Å². The number of aromatic amines is 1. The molecule has 0 saturated heterocycles. The molecule has 0 bridgehead atoms. The molecule has 3 nitrogen and oxygen atoms in total. The zero-order valence-corrected chi connectivity index (χ0v) is 13.3. The van der Waals surface area contributed by atoms with Crippen LogP contribution in [-0.2, 0) is 0 Å². The lowest BCUT2D eigenvalue weighted by atomic mass is 10.0. The second-order valence-corrected chi connectivity index (χ2v) is 6.55. The number of fused-ring (bicyclic) bond motifs is 1. The largest absolute Gasteiger partial charge is 0.351 e. The van der Waals surface area contributed by atoms with Crippen LogP contribution in [0.15, 0.2) is 54.6 Å². The minimum Gasteiger partial charge on any atom is -0.351 e. The second-order valence-electron chi connectivity index (χ2n) is 6.11. The van der Waals surface area contributed by atoms with Gasteiger partial charge in [0.2, 0.25) is 0 Å². The molecule has 0 radical (unpaired) electrons. The van der Waals surface area contributed by atoms with Gasteiger partial charge < -0.3 is 10.3 Å². The summed E-state index contributed by atoms with van der Waals surface area (Å²) in [5.41, 5.74) is 2.69. The molecule has 4 heteroatoms. The second kappa shape index (κ2) is 5.74. The SMILES string of the molecule is O=C(NC(c1ccc(Cl)cc1)C1CC1)c1cc2ccccc2[nH]1. The molecule has 1 amide bonds. The number of hydrogen-bond donors (Lipinski definition) is 2. The average molecular weight is 325 g/mol. The van der Waals surface area contributed by atoms with Crippen LogP contribution in [0, 0.1) is 5.92 Å². The quantitative estimate of drug-likeness (QED) is 0.717. The molecule has 0 spiro atoms. The van der Waals surface area contributed by atoms with Gasteiger partial charge >= 0.3 is 0 Å². The van der Waals surface area contributed by atoms with Gasteiger partial charge in [0.05, 0.1) is 6.04 Å². The lowest BCUT2D eigenvalue weighted by Gasteiger charge is -2.18. The smallest absolute Gasteiger partial charge is 0.268 e. The molecule has 23 heavy (non-hydrogen) atoms. The number of rotatable bonds is 4. The highest BCUT2D eigenvalue weighted by Crippen LogP contribution is 2.41. The van der Waals surface area contributed by atoms with Crippen LogP contribution in [0.25, 0.3) is 10.9 Å². The third-order valence-corrected chi connectivity index (χ3v) is 4.64. The average Bonchev–Trinajstić information content (AvgIpc) is 3.31. The first-order chi connectivity index (χ1) is 11.2. The number of nitrogens with one attached hydrogen (secondary N) is 2. The molecule has 1 atom stereocenters. The third-order valence-electron chi connectivity index (χ3n) is 4.38. The van der Waals surface area contributed by atoms with Crippen molar-refractivity contribution in [3.63, 3.8) is 0 Å². The molecular weight excluding hydrogens is 308 g/mol. The number of amides is 1. The zero-order chi connectivity index (χ0) is 15.8. The van der Waals surface area contributed by atoms with Crippen LogP contribution in [-0.4, -0.2) is 10.9 Å². The zero-order valence-electron chi connectivity index (χ0n) is 12.6. The van der Waals surface area contributed by atoms with Crippen molar-refractivity contribution in [2.45, 2.75) is 18.9 Å². The van der Waals surface area contributed by atoms with Crippen LogP contribution in [0.5, 0.6) is 0 Å². The lowest BCUT2D eigenvalue weighted by Crippen LogP contribution is -2.30. The van der Waals surface area contributed by atoms with Gasteiger partial charge in [0, 0.05) is 15.9 Å². The molecule has 0 aliphatic heterocycles. The Morgan fingerprint density at radius 3 is 2.57 bits per heavy atom. The maximum absolute atomic E-state index is 12.6. The first kappa shape index (κ1) is 14.3. The van der Waals surface area contributed by atoms with Crippen LogP contribution in [0.4, 0.5) is 0 Å². The van der Waals surface area contributed by atoms with E-state index in [2.05, 4.69) is 10.3 Å². The Morgan fingerprint density at radius 1 is 1.13 bits per heavy atom. The maximum atomic E-state index is 12.6. The van der Waals surface area contributed by atoms with Gasteiger partial charge in [0.25, 0.3) is 5.91 Å². The number of benzene rings is 2. The Balaban J connectivity index is 1.58. The van der Waals surface area contributed by atoms with Crippen LogP contribution in [0.3, 0.4) is 0 Å². The molecule has 2 aromatic carbocycles. The Bertz CT molecular complexity index is 816. The number of aromatic nitrogens is 1. The highest BCUT2D eigenvalue weighted by Gasteiger charge is 2.33. The molecule has 1 heterocycles. The third kappa shape index (κ3) is 2.97. The molecule has 4 rings (SSSR count). The van der Waals surface area contributed by atoms with Crippen molar-refractivity contribution >= 4 is 28.4 Å². The molecule has 1 fully saturated rings. The molecule has 1 unspecified atom stereocenters. The van der Waals surface area contributed by atoms with Crippen molar-refractivity contribution in [3.05, 3.63) is 70.9 Å². The van der Waals surface area contributed by atoms with Crippen LogP contribution in [0.1, 0.15) is 34.9 Å². The molecule has 2 N–H and O–H groups in total. The van der Waals surface area contributed by atoms with Crippen LogP contribution in [0.2, 0.25) is 5.02 Å². The van der Waals surface area contributed by atoms with Crippen molar-refractivity contribution in [2.75, 3.05) is 0 Å². The summed E-state index contributed by atoms with van der Waals surface area (Å²) in [6.07, 6.45) is 2.31. The highest BCUT2D eigenvalue weighted by atomic mass is 35.5. The predicted octanol–water partition coefficient (Wildman–Crippen LogP) is 4.70. The standard InChI is InChI=1S/C19H17ClN2O/c20-15-9-7-13(8-10-15)18(12-5-6-12)22-19(23)17-11-14-3-1-2-4-16(14)21-17/h1-4,7-12,18,21H,5-6H2,(H,22,23). The summed E-state index contributed by atoms with van der Waals surface area (Å²) in [7, 11) is 0. The summed E-state index contributed by atoms with van der Waals surface area (Å²) in [5, 5.41) is 4.94. The summed E-state index contributed by atoms with van der Waals surface area (Å²) in [4.78, 5) is 15.8. The van der Waals surface area contributed by atoms with E-state index in [0.717, 1.165) is 29.3 Å². The maximum Gasteiger partial charge on any atom is 0.268 e. The summed E-state index contributed by atoms with van der Waals surface area (Å²) >= 11 is 5.97. The first-order valence-electron chi connectivity index (χ1n) is 7.85. The predicted molar refractivity (Wildman–Crippen MR) is 92.7 cm³/mol. The minimum atomic E-state index is -0.0620. The number of halogens is 1. The van der Waals surface area contributed by atoms with E-state index in [1.807, 2.05) is 54.6 Å². The van der Waals surface area contributed by atoms with Gasteiger partial charge in [-0.25, -0.2) is 0 Å². The Kier molecular flexibility index (Phi) is 3.58. The number of carbonyl (C=O) groups excluding carboxylic acids is 1. The number of hydrogen-bond acceptors (Lipinski definition) is 1. The normalized spacial score (nSPS) is 15.5. The molecule has 3 aromatic rings. The van der Waals surface area contributed by atoms with E-state index in [4.69, 9.17) is 11.6 Å². The van der Waals surface area contributed by atoms with E-state index in [1.54, 1.807) is 0 Å². The molecule has 1 aliphatic carbocycles. The van der Waals surface area contributed by atoms with E-state index < -0.39 is 0 Å². The summed E-state index contributed by atoms with van der Waals surface area (Å²) in [5.74, 6) is 0.456. The van der Waals surface area contributed by atoms with E-state index in [0.29, 0.717) is 16.6 Å². The Hall–Kier alpha value is -2.26. The Morgan fingerprint density at radius 2 is 1.87 bits per heavy atom. The van der Waals surface area contributed by atoms with Crippen molar-refractivity contribution in [2.24, 2.45) is 5.92 Å². The molecule has 116 valence electrons. The van der Waals surface area contributed by atoms with E-state index in [1.165, 1.54) is 0 Å². The highest BCUT2D eigenvalue weighted by molar-refractivity contribution is 6.30. The number of H-pyrrole nitrogens is 1. The fraction of sp³-hybridized carbons (Fsp3) is 0.211. The van der Waals surface area contributed by atoms with Gasteiger partial charge in [0.15, 0.2) is 0 Å². The van der Waals surface area contributed by atoms with Crippen LogP contribution < -0.4 is 5.32 Å². The monoisotopic (exact) mass is 324 g/mol. The lowest BCUT2D eigenvalue weighted by molar-refractivity contribution is 0.0927. The van der Waals surface area contributed by atoms with Gasteiger partial charge in [0.1, 0.15) is 5.69 Å². The summed E-state index contributed by atoms with van der Waals surface area (Å²) in [6.45, 7) is 0. The topological polar surface area (TPSA) is 44.9 Å². The Labute approximate surface area is 139 Å². The van der Waals surface area contributed by atoms with Crippen molar-refractivity contribution in [1.82, 2.24) is 10.3 Å². The molecule has 1 saturated carbocycles. The fourth-order valence-corrected chi connectivity index (χ4v) is 3.11. The van der Waals surface area contributed by atoms with Crippen molar-refractivity contribution < 1.29 is 4.79 Å². The summed E-state index contributed by atoms with van der Waals surface area (Å²) in [6, 6.07) is 17.6. The van der Waals surface area contributed by atoms with Crippen LogP contribution >= 0.6 is 11.6 Å². The van der Waals surface area contributed by atoms with Gasteiger partial charge in [-0.2, -0.15) is 0 Å². The molecule has 1 aliphatic rings. The van der Waals surface area contributed by atoms with Gasteiger partial charge in [-0.05, 0) is 48.6 Å². The van der Waals surface area contributed by atoms with Gasteiger partial charge in [-0.3, -0.25) is 4.79 Å². The van der Waals surface area contributed by atoms with E-state index in [9.17, 15) is 4.79 Å². The molecular formula is C19H17ClN2O. The van der Waals surface area contributed by atoms with Crippen molar-refractivity contribution in [3.8, 4) is 0 Å². The van der Waals surface area contributed by atoms with Crippen molar-refractivity contribution in [1.29, 1.82) is 0 Å². The van der Waals surface area contributed by atoms with Gasteiger partial charge in [-0.15, -0.1) is 0 Å². The van der Waals surface area contributed by atoms with E-state index >= 15 is 0 Å². The van der Waals surface area contributed by atoms with E-state index in [-0.39, 0.29) is 11.9 Å². The number of carbonyl (C=O) groups is 1. The summed E-state index contributed by atoms with van der Waals surface area (Å²) < 4.78 is 0. The molecule has 1 aromatic heterocycles. The first-order valence-corrected chi connectivity index (χ1v) is 8.22. The minimum absolute atomic E-state index is 0.0474. The fourth-order valence-electron chi connectivity index (χ4n) is 2.99.